The number of benzene rings is 1. The SMILES string of the molecule is Cc1ccn(CCNC(=O)C2Cc3cc(Cl)ccc3O2)n1. The Morgan fingerprint density at radius 1 is 1.52 bits per heavy atom. The number of nitrogens with one attached hydrogen (secondary N) is 1. The van der Waals surface area contributed by atoms with Crippen molar-refractivity contribution in [3.63, 3.8) is 0 Å². The number of nitrogens with zero attached hydrogens (tertiary/aromatic N) is 2. The maximum atomic E-state index is 12.1. The Hall–Kier alpha value is -2.01. The number of hydrogen-bond acceptors (Lipinski definition) is 3. The predicted molar refractivity (Wildman–Crippen MR) is 79.5 cm³/mol. The van der Waals surface area contributed by atoms with E-state index in [1.54, 1.807) is 16.8 Å². The lowest BCUT2D eigenvalue weighted by atomic mass is 10.1. The fourth-order valence-corrected chi connectivity index (χ4v) is 2.55. The van der Waals surface area contributed by atoms with Gasteiger partial charge in [-0.1, -0.05) is 11.6 Å². The summed E-state index contributed by atoms with van der Waals surface area (Å²) >= 11 is 5.94. The number of ether oxygens (including phenoxy) is 1. The molecule has 1 amide bonds. The lowest BCUT2D eigenvalue weighted by molar-refractivity contribution is -0.127. The molecule has 3 rings (SSSR count). The summed E-state index contributed by atoms with van der Waals surface area (Å²) in [5.41, 5.74) is 1.94. The molecule has 110 valence electrons. The van der Waals surface area contributed by atoms with Crippen LogP contribution in [0.15, 0.2) is 30.5 Å². The molecule has 6 heteroatoms. The summed E-state index contributed by atoms with van der Waals surface area (Å²) in [6, 6.07) is 7.34. The number of fused-ring (bicyclic) bond motifs is 1. The Labute approximate surface area is 127 Å². The molecule has 2 aromatic rings. The van der Waals surface area contributed by atoms with Crippen molar-refractivity contribution in [2.24, 2.45) is 0 Å². The molecule has 1 aliphatic heterocycles. The van der Waals surface area contributed by atoms with E-state index in [2.05, 4.69) is 10.4 Å². The first kappa shape index (κ1) is 13.9. The summed E-state index contributed by atoms with van der Waals surface area (Å²) in [5.74, 6) is 0.633. The van der Waals surface area contributed by atoms with Crippen molar-refractivity contribution in [2.75, 3.05) is 6.54 Å². The minimum Gasteiger partial charge on any atom is -0.480 e. The molecule has 1 aromatic carbocycles. The molecule has 1 aliphatic rings. The summed E-state index contributed by atoms with van der Waals surface area (Å²) < 4.78 is 7.44. The summed E-state index contributed by atoms with van der Waals surface area (Å²) in [4.78, 5) is 12.1. The molecular weight excluding hydrogens is 290 g/mol. The summed E-state index contributed by atoms with van der Waals surface area (Å²) in [6.45, 7) is 3.10. The normalized spacial score (nSPS) is 16.4. The number of carbonyl (C=O) groups excluding carboxylic acids is 1. The molecule has 0 radical (unpaired) electrons. The van der Waals surface area contributed by atoms with Crippen molar-refractivity contribution < 1.29 is 9.53 Å². The van der Waals surface area contributed by atoms with E-state index in [9.17, 15) is 4.79 Å². The summed E-state index contributed by atoms with van der Waals surface area (Å²) in [7, 11) is 0. The first-order valence-electron chi connectivity index (χ1n) is 6.85. The lowest BCUT2D eigenvalue weighted by Gasteiger charge is -2.11. The molecule has 1 aromatic heterocycles. The molecule has 2 heterocycles. The van der Waals surface area contributed by atoms with Gasteiger partial charge in [-0.3, -0.25) is 9.48 Å². The number of aromatic nitrogens is 2. The molecule has 0 saturated heterocycles. The molecule has 1 N–H and O–H groups in total. The second kappa shape index (κ2) is 5.77. The third-order valence-corrected chi connectivity index (χ3v) is 3.64. The van der Waals surface area contributed by atoms with Crippen LogP contribution in [0.2, 0.25) is 5.02 Å². The van der Waals surface area contributed by atoms with E-state index in [-0.39, 0.29) is 5.91 Å². The molecular formula is C15H16ClN3O2. The quantitative estimate of drug-likeness (QED) is 0.939. The molecule has 21 heavy (non-hydrogen) atoms. The Morgan fingerprint density at radius 2 is 2.38 bits per heavy atom. The number of aryl methyl sites for hydroxylation is 1. The Bertz CT molecular complexity index is 669. The average Bonchev–Trinajstić information content (AvgIpc) is 3.04. The van der Waals surface area contributed by atoms with Gasteiger partial charge >= 0.3 is 0 Å². The molecule has 0 bridgehead atoms. The van der Waals surface area contributed by atoms with Crippen LogP contribution in [0.4, 0.5) is 0 Å². The minimum absolute atomic E-state index is 0.105. The van der Waals surface area contributed by atoms with Gasteiger partial charge in [0.1, 0.15) is 5.75 Å². The van der Waals surface area contributed by atoms with Crippen molar-refractivity contribution in [3.05, 3.63) is 46.7 Å². The van der Waals surface area contributed by atoms with Crippen LogP contribution in [0, 0.1) is 6.92 Å². The maximum Gasteiger partial charge on any atom is 0.261 e. The third kappa shape index (κ3) is 3.19. The van der Waals surface area contributed by atoms with Crippen molar-refractivity contribution >= 4 is 17.5 Å². The van der Waals surface area contributed by atoms with Crippen molar-refractivity contribution in [3.8, 4) is 5.75 Å². The number of hydrogen-bond donors (Lipinski definition) is 1. The number of halogens is 1. The van der Waals surface area contributed by atoms with Crippen molar-refractivity contribution in [2.45, 2.75) is 26.0 Å². The van der Waals surface area contributed by atoms with Gasteiger partial charge < -0.3 is 10.1 Å². The largest absolute Gasteiger partial charge is 0.480 e. The average molecular weight is 306 g/mol. The van der Waals surface area contributed by atoms with Gasteiger partial charge in [-0.15, -0.1) is 0 Å². The molecule has 0 aliphatic carbocycles. The van der Waals surface area contributed by atoms with Crippen LogP contribution in [-0.4, -0.2) is 28.3 Å². The van der Waals surface area contributed by atoms with Crippen LogP contribution in [0.5, 0.6) is 5.75 Å². The van der Waals surface area contributed by atoms with E-state index >= 15 is 0 Å². The molecule has 1 atom stereocenters. The zero-order valence-corrected chi connectivity index (χ0v) is 12.4. The molecule has 5 nitrogen and oxygen atoms in total. The molecule has 0 spiro atoms. The Morgan fingerprint density at radius 3 is 3.14 bits per heavy atom. The van der Waals surface area contributed by atoms with E-state index in [0.717, 1.165) is 17.0 Å². The number of amides is 1. The zero-order chi connectivity index (χ0) is 14.8. The Kier molecular flexibility index (Phi) is 3.84. The van der Waals surface area contributed by atoms with Crippen LogP contribution in [-0.2, 0) is 17.8 Å². The molecule has 1 unspecified atom stereocenters. The summed E-state index contributed by atoms with van der Waals surface area (Å²) in [5, 5.41) is 7.80. The van der Waals surface area contributed by atoms with E-state index < -0.39 is 6.10 Å². The Balaban J connectivity index is 1.51. The van der Waals surface area contributed by atoms with E-state index in [4.69, 9.17) is 16.3 Å². The zero-order valence-electron chi connectivity index (χ0n) is 11.7. The van der Waals surface area contributed by atoms with Gasteiger partial charge in [-0.05, 0) is 36.8 Å². The van der Waals surface area contributed by atoms with Gasteiger partial charge in [0.25, 0.3) is 5.91 Å². The highest BCUT2D eigenvalue weighted by Gasteiger charge is 2.28. The van der Waals surface area contributed by atoms with Gasteiger partial charge in [-0.2, -0.15) is 5.10 Å². The first-order valence-corrected chi connectivity index (χ1v) is 7.22. The van der Waals surface area contributed by atoms with Gasteiger partial charge in [0.05, 0.1) is 12.2 Å². The van der Waals surface area contributed by atoms with Crippen LogP contribution in [0.3, 0.4) is 0 Å². The highest BCUT2D eigenvalue weighted by Crippen LogP contribution is 2.31. The highest BCUT2D eigenvalue weighted by atomic mass is 35.5. The lowest BCUT2D eigenvalue weighted by Crippen LogP contribution is -2.38. The van der Waals surface area contributed by atoms with Gasteiger partial charge in [-0.25, -0.2) is 0 Å². The van der Waals surface area contributed by atoms with Crippen LogP contribution < -0.4 is 10.1 Å². The fourth-order valence-electron chi connectivity index (χ4n) is 2.36. The molecule has 0 fully saturated rings. The monoisotopic (exact) mass is 305 g/mol. The van der Waals surface area contributed by atoms with Crippen molar-refractivity contribution in [1.29, 1.82) is 0 Å². The molecule has 0 saturated carbocycles. The van der Waals surface area contributed by atoms with Crippen LogP contribution in [0.25, 0.3) is 0 Å². The van der Waals surface area contributed by atoms with Crippen LogP contribution in [0.1, 0.15) is 11.3 Å². The highest BCUT2D eigenvalue weighted by molar-refractivity contribution is 6.30. The first-order chi connectivity index (χ1) is 10.1. The fraction of sp³-hybridized carbons (Fsp3) is 0.333. The standard InChI is InChI=1S/C15H16ClN3O2/c1-10-4-6-19(18-10)7-5-17-15(20)14-9-11-8-12(16)2-3-13(11)21-14/h2-4,6,8,14H,5,7,9H2,1H3,(H,17,20). The van der Waals surface area contributed by atoms with E-state index in [1.165, 1.54) is 0 Å². The summed E-state index contributed by atoms with van der Waals surface area (Å²) in [6.07, 6.45) is 1.98. The van der Waals surface area contributed by atoms with E-state index in [1.807, 2.05) is 25.3 Å². The smallest absolute Gasteiger partial charge is 0.261 e. The van der Waals surface area contributed by atoms with Crippen molar-refractivity contribution in [1.82, 2.24) is 15.1 Å². The van der Waals surface area contributed by atoms with Gasteiger partial charge in [0.2, 0.25) is 0 Å². The number of carbonyl (C=O) groups is 1. The van der Waals surface area contributed by atoms with Gasteiger partial charge in [0, 0.05) is 24.2 Å². The number of rotatable bonds is 4. The van der Waals surface area contributed by atoms with E-state index in [0.29, 0.717) is 24.5 Å². The maximum absolute atomic E-state index is 12.1. The minimum atomic E-state index is -0.474. The van der Waals surface area contributed by atoms with Gasteiger partial charge in [0.15, 0.2) is 6.10 Å². The second-order valence-electron chi connectivity index (χ2n) is 5.07. The van der Waals surface area contributed by atoms with Crippen LogP contribution >= 0.6 is 11.6 Å². The topological polar surface area (TPSA) is 56.2 Å². The second-order valence-corrected chi connectivity index (χ2v) is 5.51. The predicted octanol–water partition coefficient (Wildman–Crippen LogP) is 1.96. The third-order valence-electron chi connectivity index (χ3n) is 3.40.